The van der Waals surface area contributed by atoms with Crippen LogP contribution in [0.25, 0.3) is 21.8 Å². The lowest BCUT2D eigenvalue weighted by Gasteiger charge is -2.07. The Kier molecular flexibility index (Phi) is 2.30. The molecule has 0 aliphatic rings. The average molecular weight is 239 g/mol. The van der Waals surface area contributed by atoms with Crippen molar-refractivity contribution in [2.24, 2.45) is 5.73 Å². The number of fused-ring (bicyclic) bond motifs is 3. The SMILES string of the molecule is CC(C(N)=O)c1ccc2c(c1)[nH]c1ccncc12. The third kappa shape index (κ3) is 1.54. The van der Waals surface area contributed by atoms with E-state index in [2.05, 4.69) is 9.97 Å². The molecule has 1 amide bonds. The second-order valence-electron chi connectivity index (χ2n) is 4.48. The number of aromatic amines is 1. The number of rotatable bonds is 2. The van der Waals surface area contributed by atoms with Crippen LogP contribution in [0.1, 0.15) is 18.4 Å². The van der Waals surface area contributed by atoms with Crippen LogP contribution < -0.4 is 5.73 Å². The first kappa shape index (κ1) is 10.8. The van der Waals surface area contributed by atoms with Crippen molar-refractivity contribution in [3.05, 3.63) is 42.2 Å². The Morgan fingerprint density at radius 1 is 1.28 bits per heavy atom. The molecule has 4 heteroatoms. The number of hydrogen-bond acceptors (Lipinski definition) is 2. The zero-order chi connectivity index (χ0) is 12.7. The van der Waals surface area contributed by atoms with Gasteiger partial charge < -0.3 is 10.7 Å². The van der Waals surface area contributed by atoms with Crippen molar-refractivity contribution in [1.29, 1.82) is 0 Å². The van der Waals surface area contributed by atoms with Gasteiger partial charge in [0.25, 0.3) is 0 Å². The van der Waals surface area contributed by atoms with E-state index in [4.69, 9.17) is 5.73 Å². The fourth-order valence-corrected chi connectivity index (χ4v) is 2.20. The number of carbonyl (C=O) groups is 1. The van der Waals surface area contributed by atoms with Crippen LogP contribution in [0.3, 0.4) is 0 Å². The summed E-state index contributed by atoms with van der Waals surface area (Å²) in [4.78, 5) is 18.7. The summed E-state index contributed by atoms with van der Waals surface area (Å²) >= 11 is 0. The van der Waals surface area contributed by atoms with E-state index in [-0.39, 0.29) is 11.8 Å². The number of carbonyl (C=O) groups excluding carboxylic acids is 1. The molecule has 2 aromatic heterocycles. The van der Waals surface area contributed by atoms with E-state index in [1.54, 1.807) is 6.20 Å². The molecule has 18 heavy (non-hydrogen) atoms. The minimum Gasteiger partial charge on any atom is -0.369 e. The summed E-state index contributed by atoms with van der Waals surface area (Å²) in [5.41, 5.74) is 8.30. The highest BCUT2D eigenvalue weighted by atomic mass is 16.1. The van der Waals surface area contributed by atoms with Crippen molar-refractivity contribution in [2.75, 3.05) is 0 Å². The monoisotopic (exact) mass is 239 g/mol. The fraction of sp³-hybridized carbons (Fsp3) is 0.143. The molecule has 3 N–H and O–H groups in total. The van der Waals surface area contributed by atoms with Gasteiger partial charge in [0.1, 0.15) is 0 Å². The van der Waals surface area contributed by atoms with Gasteiger partial charge >= 0.3 is 0 Å². The van der Waals surface area contributed by atoms with Gasteiger partial charge in [-0.1, -0.05) is 12.1 Å². The summed E-state index contributed by atoms with van der Waals surface area (Å²) in [6, 6.07) is 7.86. The number of H-pyrrole nitrogens is 1. The van der Waals surface area contributed by atoms with Crippen molar-refractivity contribution in [3.63, 3.8) is 0 Å². The van der Waals surface area contributed by atoms with E-state index in [0.29, 0.717) is 0 Å². The maximum atomic E-state index is 11.2. The minimum absolute atomic E-state index is 0.279. The molecule has 1 unspecified atom stereocenters. The fourth-order valence-electron chi connectivity index (χ4n) is 2.20. The predicted molar refractivity (Wildman–Crippen MR) is 71.2 cm³/mol. The predicted octanol–water partition coefficient (Wildman–Crippen LogP) is 2.30. The van der Waals surface area contributed by atoms with Crippen molar-refractivity contribution in [2.45, 2.75) is 12.8 Å². The third-order valence-electron chi connectivity index (χ3n) is 3.35. The first-order valence-corrected chi connectivity index (χ1v) is 5.81. The molecule has 1 aromatic carbocycles. The van der Waals surface area contributed by atoms with Gasteiger partial charge in [-0.25, -0.2) is 0 Å². The lowest BCUT2D eigenvalue weighted by Crippen LogP contribution is -2.18. The smallest absolute Gasteiger partial charge is 0.224 e. The van der Waals surface area contributed by atoms with E-state index in [1.165, 1.54) is 0 Å². The lowest BCUT2D eigenvalue weighted by molar-refractivity contribution is -0.119. The van der Waals surface area contributed by atoms with Gasteiger partial charge in [-0.3, -0.25) is 9.78 Å². The number of pyridine rings is 1. The summed E-state index contributed by atoms with van der Waals surface area (Å²) in [5.74, 6) is -0.592. The maximum Gasteiger partial charge on any atom is 0.224 e. The normalized spacial score (nSPS) is 12.9. The van der Waals surface area contributed by atoms with Gasteiger partial charge in [0.2, 0.25) is 5.91 Å². The molecule has 0 aliphatic heterocycles. The molecular weight excluding hydrogens is 226 g/mol. The Morgan fingerprint density at radius 2 is 2.11 bits per heavy atom. The Morgan fingerprint density at radius 3 is 2.89 bits per heavy atom. The molecule has 4 nitrogen and oxygen atoms in total. The van der Waals surface area contributed by atoms with Gasteiger partial charge in [-0.05, 0) is 24.6 Å². The highest BCUT2D eigenvalue weighted by Gasteiger charge is 2.13. The molecule has 3 aromatic rings. The maximum absolute atomic E-state index is 11.2. The summed E-state index contributed by atoms with van der Waals surface area (Å²) in [5, 5.41) is 2.20. The van der Waals surface area contributed by atoms with E-state index in [9.17, 15) is 4.79 Å². The first-order chi connectivity index (χ1) is 8.66. The number of nitrogens with zero attached hydrogens (tertiary/aromatic N) is 1. The van der Waals surface area contributed by atoms with Crippen LogP contribution in [0.15, 0.2) is 36.7 Å². The second kappa shape index (κ2) is 3.84. The Bertz CT molecular complexity index is 745. The molecule has 0 fully saturated rings. The molecule has 0 saturated heterocycles. The molecule has 0 saturated carbocycles. The molecule has 1 atom stereocenters. The second-order valence-corrected chi connectivity index (χ2v) is 4.48. The topological polar surface area (TPSA) is 71.8 Å². The summed E-state index contributed by atoms with van der Waals surface area (Å²) < 4.78 is 0. The van der Waals surface area contributed by atoms with Crippen molar-refractivity contribution in [1.82, 2.24) is 9.97 Å². The van der Waals surface area contributed by atoms with Crippen LogP contribution in [0, 0.1) is 0 Å². The van der Waals surface area contributed by atoms with Crippen LogP contribution in [-0.2, 0) is 4.79 Å². The van der Waals surface area contributed by atoms with Gasteiger partial charge in [0.05, 0.1) is 5.92 Å². The summed E-state index contributed by atoms with van der Waals surface area (Å²) in [7, 11) is 0. The van der Waals surface area contributed by atoms with Crippen LogP contribution in [-0.4, -0.2) is 15.9 Å². The van der Waals surface area contributed by atoms with Gasteiger partial charge in [-0.2, -0.15) is 0 Å². The molecule has 0 bridgehead atoms. The molecule has 0 radical (unpaired) electrons. The first-order valence-electron chi connectivity index (χ1n) is 5.81. The highest BCUT2D eigenvalue weighted by Crippen LogP contribution is 2.27. The zero-order valence-electron chi connectivity index (χ0n) is 9.97. The summed E-state index contributed by atoms with van der Waals surface area (Å²) in [6.45, 7) is 1.81. The Labute approximate surface area is 104 Å². The molecule has 90 valence electrons. The summed E-state index contributed by atoms with van der Waals surface area (Å²) in [6.07, 6.45) is 3.59. The van der Waals surface area contributed by atoms with E-state index in [0.717, 1.165) is 27.4 Å². The van der Waals surface area contributed by atoms with Gasteiger partial charge in [0.15, 0.2) is 0 Å². The Balaban J connectivity index is 2.24. The van der Waals surface area contributed by atoms with Crippen molar-refractivity contribution < 1.29 is 4.79 Å². The van der Waals surface area contributed by atoms with Gasteiger partial charge in [0, 0.05) is 34.2 Å². The van der Waals surface area contributed by atoms with Crippen molar-refractivity contribution >= 4 is 27.7 Å². The van der Waals surface area contributed by atoms with E-state index < -0.39 is 0 Å². The Hall–Kier alpha value is -2.36. The molecule has 2 heterocycles. The van der Waals surface area contributed by atoms with Crippen LogP contribution in [0.4, 0.5) is 0 Å². The number of benzene rings is 1. The molecule has 3 rings (SSSR count). The zero-order valence-corrected chi connectivity index (χ0v) is 9.97. The lowest BCUT2D eigenvalue weighted by atomic mass is 9.99. The number of primary amides is 1. The highest BCUT2D eigenvalue weighted by molar-refractivity contribution is 6.07. The van der Waals surface area contributed by atoms with Crippen LogP contribution in [0.5, 0.6) is 0 Å². The number of amides is 1. The standard InChI is InChI=1S/C14H13N3O/c1-8(14(15)18)9-2-3-10-11-7-16-5-4-12(11)17-13(10)6-9/h2-8,17H,1H3,(H2,15,18). The molecule has 0 spiro atoms. The number of nitrogens with one attached hydrogen (secondary N) is 1. The number of nitrogens with two attached hydrogens (primary N) is 1. The van der Waals surface area contributed by atoms with E-state index in [1.807, 2.05) is 37.4 Å². The molecule has 0 aliphatic carbocycles. The van der Waals surface area contributed by atoms with Gasteiger partial charge in [-0.15, -0.1) is 0 Å². The van der Waals surface area contributed by atoms with Crippen LogP contribution >= 0.6 is 0 Å². The average Bonchev–Trinajstić information content (AvgIpc) is 2.75. The number of hydrogen-bond donors (Lipinski definition) is 2. The third-order valence-corrected chi connectivity index (χ3v) is 3.35. The van der Waals surface area contributed by atoms with Crippen molar-refractivity contribution in [3.8, 4) is 0 Å². The number of aromatic nitrogens is 2. The molecular formula is C14H13N3O. The minimum atomic E-state index is -0.313. The van der Waals surface area contributed by atoms with E-state index >= 15 is 0 Å². The quantitative estimate of drug-likeness (QED) is 0.720. The van der Waals surface area contributed by atoms with Crippen LogP contribution in [0.2, 0.25) is 0 Å². The largest absolute Gasteiger partial charge is 0.369 e.